The monoisotopic (exact) mass is 417 g/mol. The van der Waals surface area contributed by atoms with Crippen LogP contribution in [0.4, 0.5) is 0 Å². The van der Waals surface area contributed by atoms with E-state index in [1.807, 2.05) is 30.3 Å². The molecule has 0 radical (unpaired) electrons. The topological polar surface area (TPSA) is 91.2 Å². The van der Waals surface area contributed by atoms with E-state index in [-0.39, 0.29) is 5.91 Å². The van der Waals surface area contributed by atoms with E-state index < -0.39 is 0 Å². The van der Waals surface area contributed by atoms with Gasteiger partial charge in [-0.1, -0.05) is 28.1 Å². The summed E-state index contributed by atoms with van der Waals surface area (Å²) in [7, 11) is 1.58. The number of hydrogen-bond acceptors (Lipinski definition) is 6. The molecular weight excluding hydrogens is 402 g/mol. The molecule has 26 heavy (non-hydrogen) atoms. The van der Waals surface area contributed by atoms with E-state index in [0.717, 1.165) is 4.47 Å². The highest BCUT2D eigenvalue weighted by molar-refractivity contribution is 9.10. The number of ether oxygens (including phenoxy) is 2. The summed E-state index contributed by atoms with van der Waals surface area (Å²) in [5.41, 5.74) is 1.03. The van der Waals surface area contributed by atoms with E-state index in [2.05, 4.69) is 36.8 Å². The van der Waals surface area contributed by atoms with Crippen LogP contribution in [0.3, 0.4) is 0 Å². The Morgan fingerprint density at radius 3 is 2.77 bits per heavy atom. The van der Waals surface area contributed by atoms with Crippen LogP contribution in [0.15, 0.2) is 53.3 Å². The highest BCUT2D eigenvalue weighted by Gasteiger charge is 2.14. The van der Waals surface area contributed by atoms with Crippen molar-refractivity contribution in [1.29, 1.82) is 0 Å². The van der Waals surface area contributed by atoms with Gasteiger partial charge in [-0.25, -0.2) is 0 Å². The molecule has 0 bridgehead atoms. The summed E-state index contributed by atoms with van der Waals surface area (Å²) < 4.78 is 13.1. The zero-order chi connectivity index (χ0) is 18.4. The molecular formula is C17H16BrN5O3. The summed E-state index contributed by atoms with van der Waals surface area (Å²) in [5.74, 6) is 1.02. The highest BCUT2D eigenvalue weighted by Crippen LogP contribution is 2.25. The molecule has 0 spiro atoms. The number of rotatable bonds is 7. The Morgan fingerprint density at radius 2 is 2.04 bits per heavy atom. The number of aromatic nitrogens is 4. The second-order valence-electron chi connectivity index (χ2n) is 5.17. The van der Waals surface area contributed by atoms with Crippen LogP contribution in [0.25, 0.3) is 5.69 Å². The number of tetrazole rings is 1. The predicted molar refractivity (Wildman–Crippen MR) is 97.7 cm³/mol. The van der Waals surface area contributed by atoms with Gasteiger partial charge < -0.3 is 14.8 Å². The van der Waals surface area contributed by atoms with Gasteiger partial charge in [0, 0.05) is 4.47 Å². The van der Waals surface area contributed by atoms with Gasteiger partial charge in [0.15, 0.2) is 11.5 Å². The first-order valence-electron chi connectivity index (χ1n) is 7.76. The largest absolute Gasteiger partial charge is 0.493 e. The standard InChI is InChI=1S/C17H16BrN5O3/c1-25-15-4-2-3-5-16(15)26-9-8-19-17(24)13-10-12(18)6-7-14(13)23-11-20-21-22-23/h2-7,10-11H,8-9H2,1H3,(H,19,24). The van der Waals surface area contributed by atoms with Gasteiger partial charge in [-0.2, -0.15) is 4.68 Å². The Balaban J connectivity index is 1.63. The zero-order valence-electron chi connectivity index (χ0n) is 13.9. The Bertz CT molecular complexity index is 886. The van der Waals surface area contributed by atoms with E-state index >= 15 is 0 Å². The molecule has 1 aromatic heterocycles. The van der Waals surface area contributed by atoms with Gasteiger partial charge in [0.1, 0.15) is 12.9 Å². The number of nitrogens with zero attached hydrogens (tertiary/aromatic N) is 4. The summed E-state index contributed by atoms with van der Waals surface area (Å²) >= 11 is 3.38. The van der Waals surface area contributed by atoms with Crippen LogP contribution < -0.4 is 14.8 Å². The molecule has 0 atom stereocenters. The van der Waals surface area contributed by atoms with Crippen LogP contribution >= 0.6 is 15.9 Å². The number of carbonyl (C=O) groups is 1. The summed E-state index contributed by atoms with van der Waals surface area (Å²) in [4.78, 5) is 12.6. The van der Waals surface area contributed by atoms with Gasteiger partial charge in [0.05, 0.1) is 24.9 Å². The first kappa shape index (κ1) is 17.9. The Hall–Kier alpha value is -2.94. The molecule has 3 rings (SSSR count). The number of benzene rings is 2. The van der Waals surface area contributed by atoms with Crippen LogP contribution in [0.1, 0.15) is 10.4 Å². The molecule has 9 heteroatoms. The lowest BCUT2D eigenvalue weighted by molar-refractivity contribution is 0.0946. The number of methoxy groups -OCH3 is 1. The van der Waals surface area contributed by atoms with E-state index in [4.69, 9.17) is 9.47 Å². The maximum Gasteiger partial charge on any atom is 0.253 e. The van der Waals surface area contributed by atoms with Gasteiger partial charge in [0.2, 0.25) is 0 Å². The average molecular weight is 418 g/mol. The van der Waals surface area contributed by atoms with Gasteiger partial charge in [0.25, 0.3) is 5.91 Å². The van der Waals surface area contributed by atoms with Crippen molar-refractivity contribution in [3.63, 3.8) is 0 Å². The van der Waals surface area contributed by atoms with Gasteiger partial charge in [-0.15, -0.1) is 5.10 Å². The summed E-state index contributed by atoms with van der Waals surface area (Å²) in [6.45, 7) is 0.638. The number of para-hydroxylation sites is 2. The smallest absolute Gasteiger partial charge is 0.253 e. The van der Waals surface area contributed by atoms with E-state index in [0.29, 0.717) is 35.9 Å². The molecule has 0 fully saturated rings. The number of carbonyl (C=O) groups excluding carboxylic acids is 1. The van der Waals surface area contributed by atoms with Crippen LogP contribution in [0.2, 0.25) is 0 Å². The van der Waals surface area contributed by atoms with Gasteiger partial charge in [-0.05, 0) is 40.8 Å². The molecule has 8 nitrogen and oxygen atoms in total. The van der Waals surface area contributed by atoms with Crippen molar-refractivity contribution in [2.45, 2.75) is 0 Å². The first-order chi connectivity index (χ1) is 12.7. The Labute approximate surface area is 158 Å². The lowest BCUT2D eigenvalue weighted by Crippen LogP contribution is -2.29. The minimum absolute atomic E-state index is 0.250. The van der Waals surface area contributed by atoms with Crippen molar-refractivity contribution in [2.75, 3.05) is 20.3 Å². The second kappa shape index (κ2) is 8.43. The summed E-state index contributed by atoms with van der Waals surface area (Å²) in [5, 5.41) is 13.9. The zero-order valence-corrected chi connectivity index (χ0v) is 15.5. The third-order valence-electron chi connectivity index (χ3n) is 3.51. The molecule has 0 aliphatic carbocycles. The fourth-order valence-electron chi connectivity index (χ4n) is 2.32. The van der Waals surface area contributed by atoms with E-state index in [1.165, 1.54) is 11.0 Å². The predicted octanol–water partition coefficient (Wildman–Crippen LogP) is 2.24. The lowest BCUT2D eigenvalue weighted by atomic mass is 10.1. The third-order valence-corrected chi connectivity index (χ3v) is 4.01. The van der Waals surface area contributed by atoms with Crippen molar-refractivity contribution < 1.29 is 14.3 Å². The van der Waals surface area contributed by atoms with Crippen LogP contribution in [0, 0.1) is 0 Å². The molecule has 0 saturated carbocycles. The van der Waals surface area contributed by atoms with Crippen molar-refractivity contribution >= 4 is 21.8 Å². The minimum atomic E-state index is -0.250. The fourth-order valence-corrected chi connectivity index (χ4v) is 2.68. The number of nitrogens with one attached hydrogen (secondary N) is 1. The first-order valence-corrected chi connectivity index (χ1v) is 8.55. The molecule has 1 amide bonds. The Kier molecular flexibility index (Phi) is 5.80. The van der Waals surface area contributed by atoms with Crippen molar-refractivity contribution in [3.05, 3.63) is 58.8 Å². The van der Waals surface area contributed by atoms with Gasteiger partial charge in [-0.3, -0.25) is 4.79 Å². The maximum absolute atomic E-state index is 12.6. The van der Waals surface area contributed by atoms with Gasteiger partial charge >= 0.3 is 0 Å². The Morgan fingerprint density at radius 1 is 1.23 bits per heavy atom. The molecule has 0 unspecified atom stereocenters. The van der Waals surface area contributed by atoms with E-state index in [9.17, 15) is 4.79 Å². The molecule has 0 aliphatic rings. The molecule has 134 valence electrons. The number of hydrogen-bond donors (Lipinski definition) is 1. The normalized spacial score (nSPS) is 10.4. The molecule has 1 heterocycles. The van der Waals surface area contributed by atoms with E-state index in [1.54, 1.807) is 19.2 Å². The third kappa shape index (κ3) is 4.17. The highest BCUT2D eigenvalue weighted by atomic mass is 79.9. The lowest BCUT2D eigenvalue weighted by Gasteiger charge is -2.12. The van der Waals surface area contributed by atoms with Crippen molar-refractivity contribution in [3.8, 4) is 17.2 Å². The summed E-state index contributed by atoms with van der Waals surface area (Å²) in [6, 6.07) is 12.6. The number of halogens is 1. The van der Waals surface area contributed by atoms with Crippen LogP contribution in [0.5, 0.6) is 11.5 Å². The molecule has 3 aromatic rings. The second-order valence-corrected chi connectivity index (χ2v) is 6.09. The van der Waals surface area contributed by atoms with Crippen molar-refractivity contribution in [1.82, 2.24) is 25.5 Å². The fraction of sp³-hybridized carbons (Fsp3) is 0.176. The summed E-state index contributed by atoms with van der Waals surface area (Å²) in [6.07, 6.45) is 1.44. The SMILES string of the molecule is COc1ccccc1OCCNC(=O)c1cc(Br)ccc1-n1cnnn1. The quantitative estimate of drug-likeness (QED) is 0.592. The number of amides is 1. The average Bonchev–Trinajstić information content (AvgIpc) is 3.19. The van der Waals surface area contributed by atoms with Crippen molar-refractivity contribution in [2.24, 2.45) is 0 Å². The van der Waals surface area contributed by atoms with Crippen LogP contribution in [-0.4, -0.2) is 46.4 Å². The molecule has 1 N–H and O–H groups in total. The van der Waals surface area contributed by atoms with Crippen LogP contribution in [-0.2, 0) is 0 Å². The minimum Gasteiger partial charge on any atom is -0.493 e. The molecule has 0 saturated heterocycles. The maximum atomic E-state index is 12.6. The molecule has 0 aliphatic heterocycles. The molecule has 2 aromatic carbocycles.